The second-order valence-electron chi connectivity index (χ2n) is 4.58. The van der Waals surface area contributed by atoms with E-state index < -0.39 is 23.2 Å². The molecule has 2 nitrogen and oxygen atoms in total. The average Bonchev–Trinajstić information content (AvgIpc) is 2.16. The third-order valence-electron chi connectivity index (χ3n) is 1.88. The molecule has 1 aromatic rings. The van der Waals surface area contributed by atoms with Crippen molar-refractivity contribution in [3.63, 3.8) is 0 Å². The van der Waals surface area contributed by atoms with Crippen LogP contribution in [-0.2, 0) is 16.0 Å². The van der Waals surface area contributed by atoms with Crippen LogP contribution in [0.15, 0.2) is 12.1 Å². The van der Waals surface area contributed by atoms with E-state index in [-0.39, 0.29) is 15.6 Å². The standard InChI is InChI=1S/C12H13F2IO2/c1-12(2,3)17-10(16)6-7-8(13)4-5-9(14)11(7)15/h4-5H,6H2,1-3H3. The van der Waals surface area contributed by atoms with Crippen molar-refractivity contribution in [1.29, 1.82) is 0 Å². The van der Waals surface area contributed by atoms with Gasteiger partial charge in [-0.1, -0.05) is 0 Å². The molecule has 17 heavy (non-hydrogen) atoms. The van der Waals surface area contributed by atoms with Crippen LogP contribution in [0.1, 0.15) is 26.3 Å². The fourth-order valence-corrected chi connectivity index (χ4v) is 1.88. The van der Waals surface area contributed by atoms with Gasteiger partial charge in [0.15, 0.2) is 0 Å². The first-order valence-electron chi connectivity index (χ1n) is 5.05. The van der Waals surface area contributed by atoms with Crippen molar-refractivity contribution in [2.45, 2.75) is 32.8 Å². The molecule has 0 unspecified atom stereocenters. The number of hydrogen-bond donors (Lipinski definition) is 0. The van der Waals surface area contributed by atoms with Crippen LogP contribution in [0.4, 0.5) is 8.78 Å². The quantitative estimate of drug-likeness (QED) is 0.462. The van der Waals surface area contributed by atoms with E-state index in [4.69, 9.17) is 4.74 Å². The van der Waals surface area contributed by atoms with Crippen LogP contribution < -0.4 is 0 Å². The highest BCUT2D eigenvalue weighted by atomic mass is 127. The lowest BCUT2D eigenvalue weighted by Crippen LogP contribution is -2.25. The largest absolute Gasteiger partial charge is 0.460 e. The Balaban J connectivity index is 2.89. The Morgan fingerprint density at radius 1 is 1.29 bits per heavy atom. The fourth-order valence-electron chi connectivity index (χ4n) is 1.25. The lowest BCUT2D eigenvalue weighted by molar-refractivity contribution is -0.154. The van der Waals surface area contributed by atoms with Gasteiger partial charge in [-0.3, -0.25) is 4.79 Å². The SMILES string of the molecule is CC(C)(C)OC(=O)Cc1c(F)ccc(F)c1I. The van der Waals surface area contributed by atoms with Crippen LogP contribution in [-0.4, -0.2) is 11.6 Å². The third-order valence-corrected chi connectivity index (χ3v) is 3.05. The van der Waals surface area contributed by atoms with E-state index in [1.807, 2.05) is 0 Å². The highest BCUT2D eigenvalue weighted by Crippen LogP contribution is 2.21. The predicted octanol–water partition coefficient (Wildman–Crippen LogP) is 3.45. The molecule has 0 aliphatic rings. The summed E-state index contributed by atoms with van der Waals surface area (Å²) in [4.78, 5) is 11.5. The smallest absolute Gasteiger partial charge is 0.310 e. The van der Waals surface area contributed by atoms with Gasteiger partial charge in [-0.05, 0) is 55.5 Å². The summed E-state index contributed by atoms with van der Waals surface area (Å²) in [5, 5.41) is 0. The number of hydrogen-bond acceptors (Lipinski definition) is 2. The van der Waals surface area contributed by atoms with E-state index in [0.717, 1.165) is 12.1 Å². The Hall–Kier alpha value is -0.720. The normalized spacial score (nSPS) is 11.4. The Kier molecular flexibility index (Phi) is 4.46. The maximum Gasteiger partial charge on any atom is 0.310 e. The monoisotopic (exact) mass is 354 g/mol. The first-order chi connectivity index (χ1) is 7.70. The highest BCUT2D eigenvalue weighted by Gasteiger charge is 2.20. The molecule has 94 valence electrons. The molecule has 0 saturated carbocycles. The fraction of sp³-hybridized carbons (Fsp3) is 0.417. The molecule has 1 aromatic carbocycles. The van der Waals surface area contributed by atoms with Crippen molar-refractivity contribution in [3.05, 3.63) is 32.9 Å². The van der Waals surface area contributed by atoms with Gasteiger partial charge >= 0.3 is 5.97 Å². The molecular weight excluding hydrogens is 341 g/mol. The summed E-state index contributed by atoms with van der Waals surface area (Å²) in [6, 6.07) is 2.05. The van der Waals surface area contributed by atoms with E-state index in [0.29, 0.717) is 0 Å². The van der Waals surface area contributed by atoms with Gasteiger partial charge in [-0.25, -0.2) is 8.78 Å². The Bertz CT molecular complexity index is 439. The molecule has 0 aromatic heterocycles. The van der Waals surface area contributed by atoms with Gasteiger partial charge in [0.2, 0.25) is 0 Å². The second-order valence-corrected chi connectivity index (χ2v) is 5.66. The molecule has 0 heterocycles. The minimum absolute atomic E-state index is 0.0415. The molecule has 1 rings (SSSR count). The van der Waals surface area contributed by atoms with Crippen LogP contribution in [0.3, 0.4) is 0 Å². The summed E-state index contributed by atoms with van der Waals surface area (Å²) in [6.45, 7) is 5.16. The Morgan fingerprint density at radius 2 is 1.82 bits per heavy atom. The molecule has 0 aliphatic carbocycles. The summed E-state index contributed by atoms with van der Waals surface area (Å²) in [7, 11) is 0. The zero-order valence-corrected chi connectivity index (χ0v) is 12.0. The van der Waals surface area contributed by atoms with Gasteiger partial charge in [0.05, 0.1) is 9.99 Å². The first-order valence-corrected chi connectivity index (χ1v) is 6.13. The second kappa shape index (κ2) is 5.29. The molecular formula is C12H13F2IO2. The van der Waals surface area contributed by atoms with Gasteiger partial charge in [0, 0.05) is 5.56 Å². The van der Waals surface area contributed by atoms with Crippen LogP contribution >= 0.6 is 22.6 Å². The van der Waals surface area contributed by atoms with Gasteiger partial charge in [0.1, 0.15) is 17.2 Å². The van der Waals surface area contributed by atoms with Crippen molar-refractivity contribution in [2.24, 2.45) is 0 Å². The lowest BCUT2D eigenvalue weighted by Gasteiger charge is -2.19. The van der Waals surface area contributed by atoms with Gasteiger partial charge in [-0.15, -0.1) is 0 Å². The van der Waals surface area contributed by atoms with Gasteiger partial charge < -0.3 is 4.74 Å². The number of rotatable bonds is 2. The topological polar surface area (TPSA) is 26.3 Å². The number of benzene rings is 1. The van der Waals surface area contributed by atoms with Crippen molar-refractivity contribution < 1.29 is 18.3 Å². The zero-order chi connectivity index (χ0) is 13.2. The highest BCUT2D eigenvalue weighted by molar-refractivity contribution is 14.1. The third kappa shape index (κ3) is 4.22. The van der Waals surface area contributed by atoms with Crippen molar-refractivity contribution >= 4 is 28.6 Å². The van der Waals surface area contributed by atoms with Crippen LogP contribution in [0.5, 0.6) is 0 Å². The molecule has 5 heteroatoms. The molecule has 0 amide bonds. The lowest BCUT2D eigenvalue weighted by atomic mass is 10.1. The first kappa shape index (κ1) is 14.3. The van der Waals surface area contributed by atoms with E-state index in [1.165, 1.54) is 0 Å². The zero-order valence-electron chi connectivity index (χ0n) is 9.81. The molecule has 0 atom stereocenters. The van der Waals surface area contributed by atoms with E-state index in [2.05, 4.69) is 0 Å². The molecule has 0 aliphatic heterocycles. The summed E-state index contributed by atoms with van der Waals surface area (Å²) < 4.78 is 31.8. The number of carbonyl (C=O) groups excluding carboxylic acids is 1. The molecule has 0 spiro atoms. The van der Waals surface area contributed by atoms with E-state index >= 15 is 0 Å². The van der Waals surface area contributed by atoms with Crippen molar-refractivity contribution in [3.8, 4) is 0 Å². The summed E-state index contributed by atoms with van der Waals surface area (Å²) >= 11 is 1.68. The van der Waals surface area contributed by atoms with Crippen LogP contribution in [0, 0.1) is 15.2 Å². The molecule has 0 bridgehead atoms. The number of ether oxygens (including phenoxy) is 1. The maximum absolute atomic E-state index is 13.4. The maximum atomic E-state index is 13.4. The Labute approximate surface area is 112 Å². The molecule has 0 fully saturated rings. The number of carbonyl (C=O) groups is 1. The predicted molar refractivity (Wildman–Crippen MR) is 68.6 cm³/mol. The van der Waals surface area contributed by atoms with Crippen LogP contribution in [0.25, 0.3) is 0 Å². The van der Waals surface area contributed by atoms with Gasteiger partial charge in [-0.2, -0.15) is 0 Å². The average molecular weight is 354 g/mol. The minimum Gasteiger partial charge on any atom is -0.460 e. The summed E-state index contributed by atoms with van der Waals surface area (Å²) in [5.74, 6) is -1.70. The molecule has 0 radical (unpaired) electrons. The van der Waals surface area contributed by atoms with Gasteiger partial charge in [0.25, 0.3) is 0 Å². The van der Waals surface area contributed by atoms with Crippen molar-refractivity contribution in [2.75, 3.05) is 0 Å². The van der Waals surface area contributed by atoms with Crippen LogP contribution in [0.2, 0.25) is 0 Å². The van der Waals surface area contributed by atoms with E-state index in [1.54, 1.807) is 43.4 Å². The molecule has 0 N–H and O–H groups in total. The van der Waals surface area contributed by atoms with Crippen molar-refractivity contribution in [1.82, 2.24) is 0 Å². The number of esters is 1. The van der Waals surface area contributed by atoms with E-state index in [9.17, 15) is 13.6 Å². The number of halogens is 3. The summed E-state index contributed by atoms with van der Waals surface area (Å²) in [5.41, 5.74) is -0.591. The Morgan fingerprint density at radius 3 is 2.35 bits per heavy atom. The molecule has 0 saturated heterocycles. The minimum atomic E-state index is -0.633. The summed E-state index contributed by atoms with van der Waals surface area (Å²) in [6.07, 6.45) is -0.265.